The van der Waals surface area contributed by atoms with Crippen molar-refractivity contribution >= 4 is 23.6 Å². The third-order valence-corrected chi connectivity index (χ3v) is 3.52. The Morgan fingerprint density at radius 3 is 2.43 bits per heavy atom. The highest BCUT2D eigenvalue weighted by atomic mass is 19.3. The van der Waals surface area contributed by atoms with Crippen LogP contribution in [0, 0.1) is 0 Å². The average Bonchev–Trinajstić information content (AvgIpc) is 2.67. The van der Waals surface area contributed by atoms with Crippen LogP contribution in [0.15, 0.2) is 54.6 Å². The molecule has 0 fully saturated rings. The second-order valence-corrected chi connectivity index (χ2v) is 5.58. The van der Waals surface area contributed by atoms with E-state index in [2.05, 4.69) is 10.1 Å². The maximum Gasteiger partial charge on any atom is 0.387 e. The second-order valence-electron chi connectivity index (χ2n) is 5.58. The van der Waals surface area contributed by atoms with Crippen LogP contribution in [0.2, 0.25) is 0 Å². The van der Waals surface area contributed by atoms with Crippen LogP contribution < -0.4 is 14.8 Å². The number of halogens is 2. The van der Waals surface area contributed by atoms with E-state index in [1.807, 2.05) is 0 Å². The molecule has 2 aromatic carbocycles. The molecule has 0 aliphatic carbocycles. The lowest BCUT2D eigenvalue weighted by Gasteiger charge is -2.13. The van der Waals surface area contributed by atoms with Gasteiger partial charge in [-0.2, -0.15) is 8.78 Å². The van der Waals surface area contributed by atoms with Crippen LogP contribution in [0.25, 0.3) is 6.08 Å². The van der Waals surface area contributed by atoms with Gasteiger partial charge < -0.3 is 19.5 Å². The number of anilines is 1. The minimum atomic E-state index is -2.90. The van der Waals surface area contributed by atoms with Gasteiger partial charge in [0.25, 0.3) is 5.91 Å². The number of hydrogen-bond donors (Lipinski definition) is 1. The zero-order chi connectivity index (χ0) is 20.5. The molecule has 0 aliphatic rings. The van der Waals surface area contributed by atoms with Gasteiger partial charge in [-0.15, -0.1) is 0 Å². The molecular formula is C20H19F2NO5. The molecule has 8 heteroatoms. The zero-order valence-corrected chi connectivity index (χ0v) is 15.2. The number of hydrogen-bond acceptors (Lipinski definition) is 5. The number of carbonyl (C=O) groups excluding carboxylic acids is 2. The van der Waals surface area contributed by atoms with Gasteiger partial charge in [0, 0.05) is 17.8 Å². The summed E-state index contributed by atoms with van der Waals surface area (Å²) in [5.41, 5.74) is 1.08. The topological polar surface area (TPSA) is 73.9 Å². The fraction of sp³-hybridized carbons (Fsp3) is 0.200. The first-order chi connectivity index (χ1) is 13.4. The van der Waals surface area contributed by atoms with Gasteiger partial charge >= 0.3 is 12.6 Å². The van der Waals surface area contributed by atoms with Crippen LogP contribution in [0.1, 0.15) is 12.5 Å². The van der Waals surface area contributed by atoms with Gasteiger partial charge in [0.15, 0.2) is 6.10 Å². The predicted octanol–water partition coefficient (Wildman–Crippen LogP) is 3.88. The lowest BCUT2D eigenvalue weighted by molar-refractivity contribution is -0.148. The third-order valence-electron chi connectivity index (χ3n) is 3.52. The van der Waals surface area contributed by atoms with E-state index in [-0.39, 0.29) is 5.75 Å². The van der Waals surface area contributed by atoms with Crippen molar-refractivity contribution in [3.05, 3.63) is 60.2 Å². The first kappa shape index (κ1) is 20.9. The fourth-order valence-corrected chi connectivity index (χ4v) is 2.14. The minimum Gasteiger partial charge on any atom is -0.497 e. The quantitative estimate of drug-likeness (QED) is 0.546. The number of rotatable bonds is 8. The first-order valence-corrected chi connectivity index (χ1v) is 8.26. The summed E-state index contributed by atoms with van der Waals surface area (Å²) in [6.07, 6.45) is 1.55. The van der Waals surface area contributed by atoms with E-state index < -0.39 is 24.6 Å². The lowest BCUT2D eigenvalue weighted by atomic mass is 10.2. The number of benzene rings is 2. The summed E-state index contributed by atoms with van der Waals surface area (Å²) in [6.45, 7) is -1.46. The van der Waals surface area contributed by atoms with Crippen LogP contribution >= 0.6 is 0 Å². The minimum absolute atomic E-state index is 0.0116. The monoisotopic (exact) mass is 391 g/mol. The molecule has 2 aromatic rings. The highest BCUT2D eigenvalue weighted by Crippen LogP contribution is 2.17. The summed E-state index contributed by atoms with van der Waals surface area (Å²) >= 11 is 0. The Morgan fingerprint density at radius 2 is 1.79 bits per heavy atom. The SMILES string of the molecule is COc1cccc(NC(=O)C(C)OC(=O)/C=C/c2ccc(OC(F)F)cc2)c1. The Labute approximate surface area is 160 Å². The molecule has 0 saturated carbocycles. The molecule has 0 heterocycles. The van der Waals surface area contributed by atoms with Crippen molar-refractivity contribution in [2.24, 2.45) is 0 Å². The van der Waals surface area contributed by atoms with Gasteiger partial charge in [0.2, 0.25) is 0 Å². The van der Waals surface area contributed by atoms with Crippen LogP contribution in [0.5, 0.6) is 11.5 Å². The van der Waals surface area contributed by atoms with Crippen LogP contribution in [-0.2, 0) is 14.3 Å². The van der Waals surface area contributed by atoms with E-state index in [1.54, 1.807) is 24.3 Å². The summed E-state index contributed by atoms with van der Waals surface area (Å²) in [5.74, 6) is -0.627. The van der Waals surface area contributed by atoms with Crippen LogP contribution in [-0.4, -0.2) is 31.7 Å². The predicted molar refractivity (Wildman–Crippen MR) is 99.3 cm³/mol. The Bertz CT molecular complexity index is 837. The van der Waals surface area contributed by atoms with Crippen molar-refractivity contribution in [1.82, 2.24) is 0 Å². The Hall–Kier alpha value is -3.42. The molecule has 0 saturated heterocycles. The van der Waals surface area contributed by atoms with E-state index >= 15 is 0 Å². The maximum absolute atomic E-state index is 12.1. The molecule has 0 spiro atoms. The van der Waals surface area contributed by atoms with E-state index in [0.717, 1.165) is 6.08 Å². The molecule has 1 amide bonds. The van der Waals surface area contributed by atoms with Crippen LogP contribution in [0.3, 0.4) is 0 Å². The smallest absolute Gasteiger partial charge is 0.387 e. The Morgan fingerprint density at radius 1 is 1.07 bits per heavy atom. The number of amides is 1. The number of methoxy groups -OCH3 is 1. The standard InChI is InChI=1S/C20H19F2NO5/c1-13(19(25)23-15-4-3-5-17(12-15)26-2)27-18(24)11-8-14-6-9-16(10-7-14)28-20(21)22/h3-13,20H,1-2H3,(H,23,25)/b11-8+. The number of nitrogens with one attached hydrogen (secondary N) is 1. The number of esters is 1. The van der Waals surface area contributed by atoms with Crippen molar-refractivity contribution in [2.75, 3.05) is 12.4 Å². The number of alkyl halides is 2. The highest BCUT2D eigenvalue weighted by Gasteiger charge is 2.16. The van der Waals surface area contributed by atoms with E-state index in [4.69, 9.17) is 9.47 Å². The van der Waals surface area contributed by atoms with Crippen molar-refractivity contribution in [1.29, 1.82) is 0 Å². The van der Waals surface area contributed by atoms with Crippen molar-refractivity contribution in [2.45, 2.75) is 19.6 Å². The summed E-state index contributed by atoms with van der Waals surface area (Å²) in [4.78, 5) is 24.0. The molecule has 0 aromatic heterocycles. The molecule has 6 nitrogen and oxygen atoms in total. The largest absolute Gasteiger partial charge is 0.497 e. The number of ether oxygens (including phenoxy) is 3. The van der Waals surface area contributed by atoms with Gasteiger partial charge in [-0.25, -0.2) is 4.79 Å². The van der Waals surface area contributed by atoms with Crippen molar-refractivity contribution in [3.63, 3.8) is 0 Å². The molecule has 0 radical (unpaired) electrons. The number of carbonyl (C=O) groups is 2. The highest BCUT2D eigenvalue weighted by molar-refractivity contribution is 5.96. The average molecular weight is 391 g/mol. The molecule has 0 aliphatic heterocycles. The molecule has 0 bridgehead atoms. The lowest BCUT2D eigenvalue weighted by Crippen LogP contribution is -2.29. The van der Waals surface area contributed by atoms with Crippen molar-refractivity contribution in [3.8, 4) is 11.5 Å². The Balaban J connectivity index is 1.87. The first-order valence-electron chi connectivity index (χ1n) is 8.26. The van der Waals surface area contributed by atoms with E-state index in [0.29, 0.717) is 17.0 Å². The molecule has 1 unspecified atom stereocenters. The fourth-order valence-electron chi connectivity index (χ4n) is 2.14. The molecule has 148 valence electrons. The van der Waals surface area contributed by atoms with E-state index in [9.17, 15) is 18.4 Å². The second kappa shape index (κ2) is 10.1. The normalized spacial score (nSPS) is 11.9. The summed E-state index contributed by atoms with van der Waals surface area (Å²) in [5, 5.41) is 2.62. The van der Waals surface area contributed by atoms with Crippen LogP contribution in [0.4, 0.5) is 14.5 Å². The third kappa shape index (κ3) is 6.71. The van der Waals surface area contributed by atoms with Gasteiger partial charge in [-0.1, -0.05) is 18.2 Å². The van der Waals surface area contributed by atoms with Gasteiger partial charge in [-0.05, 0) is 42.8 Å². The summed E-state index contributed by atoms with van der Waals surface area (Å²) in [6, 6.07) is 12.5. The van der Waals surface area contributed by atoms with Gasteiger partial charge in [-0.3, -0.25) is 4.79 Å². The molecule has 2 rings (SSSR count). The molecular weight excluding hydrogens is 372 g/mol. The summed E-state index contributed by atoms with van der Waals surface area (Å²) in [7, 11) is 1.51. The van der Waals surface area contributed by atoms with Gasteiger partial charge in [0.05, 0.1) is 7.11 Å². The molecule has 28 heavy (non-hydrogen) atoms. The zero-order valence-electron chi connectivity index (χ0n) is 15.2. The van der Waals surface area contributed by atoms with Crippen molar-refractivity contribution < 1.29 is 32.6 Å². The maximum atomic E-state index is 12.1. The summed E-state index contributed by atoms with van der Waals surface area (Å²) < 4.78 is 38.6. The van der Waals surface area contributed by atoms with E-state index in [1.165, 1.54) is 44.4 Å². The van der Waals surface area contributed by atoms with Gasteiger partial charge in [0.1, 0.15) is 11.5 Å². The molecule has 1 N–H and O–H groups in total. The molecule has 1 atom stereocenters. The Kier molecular flexibility index (Phi) is 7.50.